The summed E-state index contributed by atoms with van der Waals surface area (Å²) in [5, 5.41) is 0. The zero-order chi connectivity index (χ0) is 13.7. The second-order valence-corrected chi connectivity index (χ2v) is 5.77. The van der Waals surface area contributed by atoms with E-state index >= 15 is 0 Å². The first kappa shape index (κ1) is 16.6. The summed E-state index contributed by atoms with van der Waals surface area (Å²) in [6.07, 6.45) is 3.55. The Labute approximate surface area is 107 Å². The van der Waals surface area contributed by atoms with Gasteiger partial charge in [0.05, 0.1) is 12.2 Å². The Bertz CT molecular complexity index is 238. The summed E-state index contributed by atoms with van der Waals surface area (Å²) in [4.78, 5) is 0. The molecule has 0 spiro atoms. The molecule has 0 heterocycles. The smallest absolute Gasteiger partial charge is 0.0846 e. The summed E-state index contributed by atoms with van der Waals surface area (Å²) in [5.41, 5.74) is 11.5. The molecule has 17 heavy (non-hydrogen) atoms. The Morgan fingerprint density at radius 3 is 2.24 bits per heavy atom. The maximum atomic E-state index is 6.20. The number of ether oxygens (including phenoxy) is 1. The second-order valence-electron chi connectivity index (χ2n) is 5.77. The van der Waals surface area contributed by atoms with E-state index in [1.165, 1.54) is 0 Å². The third-order valence-corrected chi connectivity index (χ3v) is 3.71. The van der Waals surface area contributed by atoms with E-state index in [0.29, 0.717) is 12.5 Å². The normalized spacial score (nSPS) is 22.3. The van der Waals surface area contributed by atoms with Gasteiger partial charge in [-0.05, 0) is 39.5 Å². The van der Waals surface area contributed by atoms with Gasteiger partial charge in [-0.2, -0.15) is 0 Å². The molecule has 0 aromatic carbocycles. The van der Waals surface area contributed by atoms with Gasteiger partial charge in [-0.15, -0.1) is 6.58 Å². The summed E-state index contributed by atoms with van der Waals surface area (Å²) in [6, 6.07) is 0.101. The van der Waals surface area contributed by atoms with Crippen LogP contribution in [0, 0.1) is 5.92 Å². The molecule has 0 aliphatic rings. The third kappa shape index (κ3) is 5.66. The molecule has 0 aliphatic heterocycles. The van der Waals surface area contributed by atoms with Gasteiger partial charge < -0.3 is 16.2 Å². The van der Waals surface area contributed by atoms with Gasteiger partial charge in [-0.25, -0.2) is 0 Å². The minimum absolute atomic E-state index is 0.101. The standard InChI is InChI=1S/C14H30N2O/c1-7-13(5,9-12(4)15)17-10-11(3)14(6,16)8-2/h7,11-12H,1,8-10,15-16H2,2-6H3/t11?,12?,13?,14-/m0/s1. The zero-order valence-electron chi connectivity index (χ0n) is 12.1. The molecule has 3 heteroatoms. The van der Waals surface area contributed by atoms with Gasteiger partial charge in [0.1, 0.15) is 0 Å². The first-order valence-electron chi connectivity index (χ1n) is 6.49. The van der Waals surface area contributed by atoms with Crippen LogP contribution in [0.2, 0.25) is 0 Å². The van der Waals surface area contributed by atoms with E-state index in [0.717, 1.165) is 12.8 Å². The van der Waals surface area contributed by atoms with Crippen molar-refractivity contribution in [3.8, 4) is 0 Å². The summed E-state index contributed by atoms with van der Waals surface area (Å²) < 4.78 is 5.96. The Hall–Kier alpha value is -0.380. The quantitative estimate of drug-likeness (QED) is 0.643. The van der Waals surface area contributed by atoms with Crippen molar-refractivity contribution in [1.29, 1.82) is 0 Å². The van der Waals surface area contributed by atoms with Crippen LogP contribution in [0.4, 0.5) is 0 Å². The molecule has 0 saturated heterocycles. The average molecular weight is 242 g/mol. The van der Waals surface area contributed by atoms with E-state index in [4.69, 9.17) is 16.2 Å². The Morgan fingerprint density at radius 1 is 1.35 bits per heavy atom. The minimum Gasteiger partial charge on any atom is -0.371 e. The van der Waals surface area contributed by atoms with Crippen molar-refractivity contribution in [3.63, 3.8) is 0 Å². The van der Waals surface area contributed by atoms with Gasteiger partial charge in [-0.1, -0.05) is 19.9 Å². The highest BCUT2D eigenvalue weighted by Gasteiger charge is 2.28. The lowest BCUT2D eigenvalue weighted by atomic mass is 9.86. The topological polar surface area (TPSA) is 61.3 Å². The maximum absolute atomic E-state index is 6.20. The molecule has 102 valence electrons. The maximum Gasteiger partial charge on any atom is 0.0846 e. The molecule has 0 aromatic rings. The lowest BCUT2D eigenvalue weighted by molar-refractivity contribution is -0.0310. The highest BCUT2D eigenvalue weighted by atomic mass is 16.5. The average Bonchev–Trinajstić information content (AvgIpc) is 2.25. The van der Waals surface area contributed by atoms with E-state index in [2.05, 4.69) is 27.4 Å². The Kier molecular flexibility index (Phi) is 6.38. The molecule has 0 saturated carbocycles. The second kappa shape index (κ2) is 6.53. The SMILES string of the molecule is C=CC(C)(CC(C)N)OCC(C)[C@@](C)(N)CC. The molecule has 0 radical (unpaired) electrons. The predicted octanol–water partition coefficient (Wildman–Crippen LogP) is 2.45. The predicted molar refractivity (Wildman–Crippen MR) is 74.9 cm³/mol. The van der Waals surface area contributed by atoms with Crippen molar-refractivity contribution in [3.05, 3.63) is 12.7 Å². The van der Waals surface area contributed by atoms with Crippen molar-refractivity contribution in [1.82, 2.24) is 0 Å². The van der Waals surface area contributed by atoms with Crippen molar-refractivity contribution in [2.75, 3.05) is 6.61 Å². The van der Waals surface area contributed by atoms with Gasteiger partial charge in [0.25, 0.3) is 0 Å². The van der Waals surface area contributed by atoms with Crippen LogP contribution in [0.1, 0.15) is 47.5 Å². The first-order chi connectivity index (χ1) is 7.67. The molecule has 0 aliphatic carbocycles. The number of rotatable bonds is 8. The van der Waals surface area contributed by atoms with Gasteiger partial charge in [0.2, 0.25) is 0 Å². The van der Waals surface area contributed by atoms with Crippen molar-refractivity contribution >= 4 is 0 Å². The van der Waals surface area contributed by atoms with E-state index in [-0.39, 0.29) is 17.2 Å². The van der Waals surface area contributed by atoms with Gasteiger partial charge >= 0.3 is 0 Å². The highest BCUT2D eigenvalue weighted by Crippen LogP contribution is 2.23. The van der Waals surface area contributed by atoms with Gasteiger partial charge in [0, 0.05) is 11.6 Å². The van der Waals surface area contributed by atoms with E-state index < -0.39 is 0 Å². The largest absolute Gasteiger partial charge is 0.371 e. The molecule has 0 aromatic heterocycles. The fourth-order valence-corrected chi connectivity index (χ4v) is 1.69. The van der Waals surface area contributed by atoms with E-state index in [1.807, 2.05) is 19.9 Å². The molecule has 0 fully saturated rings. The minimum atomic E-state index is -0.355. The highest BCUT2D eigenvalue weighted by molar-refractivity contribution is 4.96. The monoisotopic (exact) mass is 242 g/mol. The molecule has 0 bridgehead atoms. The van der Waals surface area contributed by atoms with Gasteiger partial charge in [-0.3, -0.25) is 0 Å². The van der Waals surface area contributed by atoms with Crippen LogP contribution in [0.3, 0.4) is 0 Å². The van der Waals surface area contributed by atoms with Crippen LogP contribution < -0.4 is 11.5 Å². The van der Waals surface area contributed by atoms with Crippen molar-refractivity contribution in [2.24, 2.45) is 17.4 Å². The van der Waals surface area contributed by atoms with E-state index in [9.17, 15) is 0 Å². The number of hydrogen-bond donors (Lipinski definition) is 2. The molecular formula is C14H30N2O. The van der Waals surface area contributed by atoms with Crippen LogP contribution in [-0.2, 0) is 4.74 Å². The third-order valence-electron chi connectivity index (χ3n) is 3.71. The summed E-state index contributed by atoms with van der Waals surface area (Å²) in [6.45, 7) is 14.8. The zero-order valence-corrected chi connectivity index (χ0v) is 12.1. The molecule has 3 nitrogen and oxygen atoms in total. The fraction of sp³-hybridized carbons (Fsp3) is 0.857. The summed E-state index contributed by atoms with van der Waals surface area (Å²) >= 11 is 0. The van der Waals surface area contributed by atoms with Crippen molar-refractivity contribution in [2.45, 2.75) is 64.6 Å². The van der Waals surface area contributed by atoms with E-state index in [1.54, 1.807) is 0 Å². The van der Waals surface area contributed by atoms with Crippen LogP contribution in [0.5, 0.6) is 0 Å². The summed E-state index contributed by atoms with van der Waals surface area (Å²) in [7, 11) is 0. The van der Waals surface area contributed by atoms with Crippen LogP contribution >= 0.6 is 0 Å². The first-order valence-corrected chi connectivity index (χ1v) is 6.49. The summed E-state index contributed by atoms with van der Waals surface area (Å²) in [5.74, 6) is 0.305. The Morgan fingerprint density at radius 2 is 1.88 bits per heavy atom. The Balaban J connectivity index is 4.37. The fourth-order valence-electron chi connectivity index (χ4n) is 1.69. The lowest BCUT2D eigenvalue weighted by Crippen LogP contribution is -2.46. The lowest BCUT2D eigenvalue weighted by Gasteiger charge is -2.35. The number of hydrogen-bond acceptors (Lipinski definition) is 3. The number of nitrogens with two attached hydrogens (primary N) is 2. The molecular weight excluding hydrogens is 212 g/mol. The molecule has 0 rings (SSSR count). The molecule has 4 atom stereocenters. The van der Waals surface area contributed by atoms with Crippen LogP contribution in [-0.4, -0.2) is 23.8 Å². The molecule has 4 N–H and O–H groups in total. The van der Waals surface area contributed by atoms with Crippen molar-refractivity contribution < 1.29 is 4.74 Å². The molecule has 0 amide bonds. The van der Waals surface area contributed by atoms with Crippen LogP contribution in [0.15, 0.2) is 12.7 Å². The van der Waals surface area contributed by atoms with Gasteiger partial charge in [0.15, 0.2) is 0 Å². The van der Waals surface area contributed by atoms with Crippen LogP contribution in [0.25, 0.3) is 0 Å². The molecule has 3 unspecified atom stereocenters.